The number of carbonyl (C=O) groups is 2. The molecule has 3 heterocycles. The van der Waals surface area contributed by atoms with Gasteiger partial charge in [-0.25, -0.2) is 0 Å². The molecule has 4 rings (SSSR count). The summed E-state index contributed by atoms with van der Waals surface area (Å²) < 4.78 is 5.86. The summed E-state index contributed by atoms with van der Waals surface area (Å²) in [7, 11) is 0. The van der Waals surface area contributed by atoms with Crippen LogP contribution in [-0.4, -0.2) is 63.1 Å². The minimum absolute atomic E-state index is 0.0525. The number of benzene rings is 1. The third kappa shape index (κ3) is 3.93. The number of nitrogens with one attached hydrogen (secondary N) is 1. The van der Waals surface area contributed by atoms with Gasteiger partial charge in [0.05, 0.1) is 23.9 Å². The van der Waals surface area contributed by atoms with E-state index in [-0.39, 0.29) is 23.4 Å². The molecule has 1 N–H and O–H groups in total. The van der Waals surface area contributed by atoms with Crippen molar-refractivity contribution in [2.45, 2.75) is 64.5 Å². The standard InChI is InChI=1S/C24H32N4O3/c1-4-15-31-21-10-6-5-9-18(21)19-16-20(26-25-19)23(30)28-14-7-11-22-24(28,3)12-8-13-27(22)17(2)29/h5-6,9-10,16,22H,4,7-8,11-15H2,1-3H3,(H,25,26)/t22-,24+/m1/s1. The highest BCUT2D eigenvalue weighted by Gasteiger charge is 2.50. The lowest BCUT2D eigenvalue weighted by Crippen LogP contribution is -2.68. The highest BCUT2D eigenvalue weighted by Crippen LogP contribution is 2.40. The van der Waals surface area contributed by atoms with E-state index in [1.54, 1.807) is 6.92 Å². The number of H-pyrrole nitrogens is 1. The van der Waals surface area contributed by atoms with Crippen LogP contribution >= 0.6 is 0 Å². The van der Waals surface area contributed by atoms with Crippen LogP contribution in [0.5, 0.6) is 5.75 Å². The van der Waals surface area contributed by atoms with Crippen molar-refractivity contribution in [2.75, 3.05) is 19.7 Å². The number of carbonyl (C=O) groups excluding carboxylic acids is 2. The Balaban J connectivity index is 1.60. The van der Waals surface area contributed by atoms with E-state index in [0.717, 1.165) is 50.0 Å². The number of aromatic amines is 1. The zero-order valence-electron chi connectivity index (χ0n) is 18.7. The van der Waals surface area contributed by atoms with Gasteiger partial charge in [-0.15, -0.1) is 0 Å². The van der Waals surface area contributed by atoms with Crippen LogP contribution in [0, 0.1) is 0 Å². The summed E-state index contributed by atoms with van der Waals surface area (Å²) in [6.07, 6.45) is 4.57. The molecule has 2 saturated heterocycles. The van der Waals surface area contributed by atoms with Crippen molar-refractivity contribution >= 4 is 11.8 Å². The number of rotatable bonds is 5. The van der Waals surface area contributed by atoms with Gasteiger partial charge in [0.2, 0.25) is 5.91 Å². The maximum atomic E-state index is 13.6. The molecule has 166 valence electrons. The topological polar surface area (TPSA) is 78.5 Å². The van der Waals surface area contributed by atoms with Gasteiger partial charge in [0, 0.05) is 25.6 Å². The average molecular weight is 425 g/mol. The van der Waals surface area contributed by atoms with E-state index in [0.29, 0.717) is 24.5 Å². The fraction of sp³-hybridized carbons (Fsp3) is 0.542. The van der Waals surface area contributed by atoms with Gasteiger partial charge < -0.3 is 14.5 Å². The Hall–Kier alpha value is -2.83. The first-order chi connectivity index (χ1) is 15.0. The number of hydrogen-bond acceptors (Lipinski definition) is 4. The van der Waals surface area contributed by atoms with Crippen LogP contribution in [-0.2, 0) is 4.79 Å². The summed E-state index contributed by atoms with van der Waals surface area (Å²) in [4.78, 5) is 29.7. The zero-order chi connectivity index (χ0) is 22.0. The molecule has 0 unspecified atom stereocenters. The number of fused-ring (bicyclic) bond motifs is 1. The Labute approximate surface area is 183 Å². The molecule has 1 aromatic carbocycles. The minimum atomic E-state index is -0.354. The van der Waals surface area contributed by atoms with Crippen molar-refractivity contribution in [3.63, 3.8) is 0 Å². The molecule has 2 aliphatic heterocycles. The van der Waals surface area contributed by atoms with E-state index in [2.05, 4.69) is 24.0 Å². The molecule has 0 bridgehead atoms. The molecular weight excluding hydrogens is 392 g/mol. The van der Waals surface area contributed by atoms with Gasteiger partial charge in [-0.2, -0.15) is 5.10 Å². The second-order valence-corrected chi connectivity index (χ2v) is 8.80. The van der Waals surface area contributed by atoms with Crippen molar-refractivity contribution < 1.29 is 14.3 Å². The Morgan fingerprint density at radius 3 is 2.84 bits per heavy atom. The Kier molecular flexibility index (Phi) is 6.03. The first kappa shape index (κ1) is 21.4. The molecule has 31 heavy (non-hydrogen) atoms. The third-order valence-corrected chi connectivity index (χ3v) is 6.73. The monoisotopic (exact) mass is 424 g/mol. The van der Waals surface area contributed by atoms with Gasteiger partial charge in [0.1, 0.15) is 11.4 Å². The number of piperidine rings is 2. The van der Waals surface area contributed by atoms with Crippen LogP contribution in [0.2, 0.25) is 0 Å². The van der Waals surface area contributed by atoms with Crippen molar-refractivity contribution in [1.82, 2.24) is 20.0 Å². The number of nitrogens with zero attached hydrogens (tertiary/aromatic N) is 3. The van der Waals surface area contributed by atoms with Gasteiger partial charge >= 0.3 is 0 Å². The summed E-state index contributed by atoms with van der Waals surface area (Å²) in [5.74, 6) is 0.810. The van der Waals surface area contributed by atoms with Crippen LogP contribution in [0.1, 0.15) is 63.4 Å². The van der Waals surface area contributed by atoms with Crippen LogP contribution in [0.4, 0.5) is 0 Å². The summed E-state index contributed by atoms with van der Waals surface area (Å²) >= 11 is 0. The first-order valence-electron chi connectivity index (χ1n) is 11.3. The Bertz CT molecular complexity index is 956. The number of hydrogen-bond donors (Lipinski definition) is 1. The molecule has 0 aliphatic carbocycles. The lowest BCUT2D eigenvalue weighted by atomic mass is 9.76. The van der Waals surface area contributed by atoms with Crippen molar-refractivity contribution in [2.24, 2.45) is 0 Å². The van der Waals surface area contributed by atoms with E-state index in [1.165, 1.54) is 0 Å². The lowest BCUT2D eigenvalue weighted by molar-refractivity contribution is -0.140. The summed E-state index contributed by atoms with van der Waals surface area (Å²) in [5.41, 5.74) is 1.69. The summed E-state index contributed by atoms with van der Waals surface area (Å²) in [6.45, 7) is 7.94. The second kappa shape index (κ2) is 8.73. The highest BCUT2D eigenvalue weighted by molar-refractivity contribution is 5.94. The van der Waals surface area contributed by atoms with Gasteiger partial charge in [0.25, 0.3) is 5.91 Å². The molecule has 2 amide bonds. The third-order valence-electron chi connectivity index (χ3n) is 6.73. The smallest absolute Gasteiger partial charge is 0.272 e. The molecule has 7 heteroatoms. The lowest BCUT2D eigenvalue weighted by Gasteiger charge is -2.56. The fourth-order valence-electron chi connectivity index (χ4n) is 5.19. The van der Waals surface area contributed by atoms with Gasteiger partial charge in [0.15, 0.2) is 0 Å². The maximum absolute atomic E-state index is 13.6. The SMILES string of the molecule is CCCOc1ccccc1-c1cc(C(=O)N2CCC[C@H]3N(C(C)=O)CCC[C@@]32C)[nH]n1. The van der Waals surface area contributed by atoms with Crippen LogP contribution in [0.15, 0.2) is 30.3 Å². The molecule has 1 aromatic heterocycles. The normalized spacial score (nSPS) is 23.4. The molecule has 2 fully saturated rings. The van der Waals surface area contributed by atoms with E-state index < -0.39 is 0 Å². The molecule has 0 saturated carbocycles. The van der Waals surface area contributed by atoms with Gasteiger partial charge in [-0.1, -0.05) is 19.1 Å². The van der Waals surface area contributed by atoms with Crippen LogP contribution in [0.25, 0.3) is 11.3 Å². The van der Waals surface area contributed by atoms with Crippen molar-refractivity contribution in [3.8, 4) is 17.0 Å². The number of para-hydroxylation sites is 1. The summed E-state index contributed by atoms with van der Waals surface area (Å²) in [5, 5.41) is 7.38. The van der Waals surface area contributed by atoms with E-state index in [9.17, 15) is 9.59 Å². The number of amides is 2. The second-order valence-electron chi connectivity index (χ2n) is 8.80. The molecule has 0 spiro atoms. The molecule has 7 nitrogen and oxygen atoms in total. The first-order valence-corrected chi connectivity index (χ1v) is 11.3. The van der Waals surface area contributed by atoms with Crippen molar-refractivity contribution in [3.05, 3.63) is 36.0 Å². The predicted molar refractivity (Wildman–Crippen MR) is 119 cm³/mol. The molecule has 2 aliphatic rings. The Morgan fingerprint density at radius 1 is 1.26 bits per heavy atom. The average Bonchev–Trinajstić information content (AvgIpc) is 3.26. The number of likely N-dealkylation sites (tertiary alicyclic amines) is 2. The number of ether oxygens (including phenoxy) is 1. The minimum Gasteiger partial charge on any atom is -0.493 e. The van der Waals surface area contributed by atoms with E-state index in [4.69, 9.17) is 4.74 Å². The molecule has 2 aromatic rings. The van der Waals surface area contributed by atoms with Crippen LogP contribution < -0.4 is 4.74 Å². The molecular formula is C24H32N4O3. The van der Waals surface area contributed by atoms with Gasteiger partial charge in [-0.3, -0.25) is 14.7 Å². The zero-order valence-corrected chi connectivity index (χ0v) is 18.7. The highest BCUT2D eigenvalue weighted by atomic mass is 16.5. The molecule has 0 radical (unpaired) electrons. The fourth-order valence-corrected chi connectivity index (χ4v) is 5.19. The van der Waals surface area contributed by atoms with E-state index in [1.807, 2.05) is 40.1 Å². The van der Waals surface area contributed by atoms with Gasteiger partial charge in [-0.05, 0) is 57.2 Å². The van der Waals surface area contributed by atoms with Crippen LogP contribution in [0.3, 0.4) is 0 Å². The van der Waals surface area contributed by atoms with Crippen molar-refractivity contribution in [1.29, 1.82) is 0 Å². The van der Waals surface area contributed by atoms with E-state index >= 15 is 0 Å². The number of aromatic nitrogens is 2. The predicted octanol–water partition coefficient (Wildman–Crippen LogP) is 3.87. The largest absolute Gasteiger partial charge is 0.493 e. The molecule has 2 atom stereocenters. The quantitative estimate of drug-likeness (QED) is 0.790. The Morgan fingerprint density at radius 2 is 2.06 bits per heavy atom. The summed E-state index contributed by atoms with van der Waals surface area (Å²) in [6, 6.07) is 9.65. The maximum Gasteiger partial charge on any atom is 0.272 e.